The fraction of sp³-hybridized carbons (Fsp3) is 0.400. The maximum atomic E-state index is 13.3. The lowest BCUT2D eigenvalue weighted by molar-refractivity contribution is 0.598. The molecule has 13 heavy (non-hydrogen) atoms. The third-order valence-corrected chi connectivity index (χ3v) is 1.93. The summed E-state index contributed by atoms with van der Waals surface area (Å²) >= 11 is 3.21. The van der Waals surface area contributed by atoms with Gasteiger partial charge in [0.05, 0.1) is 5.69 Å². The summed E-state index contributed by atoms with van der Waals surface area (Å²) in [5, 5.41) is 3.08. The molecule has 0 heterocycles. The Balaban J connectivity index is 2.90. The molecule has 0 aliphatic rings. The number of rotatable bonds is 1. The van der Waals surface area contributed by atoms with Crippen molar-refractivity contribution in [3.05, 3.63) is 28.5 Å². The number of hydrogen-bond donors (Lipinski definition) is 1. The monoisotopic (exact) mass is 245 g/mol. The van der Waals surface area contributed by atoms with Crippen molar-refractivity contribution in [1.29, 1.82) is 0 Å². The number of hydrogen-bond acceptors (Lipinski definition) is 1. The van der Waals surface area contributed by atoms with Crippen LogP contribution in [-0.4, -0.2) is 5.54 Å². The van der Waals surface area contributed by atoms with Gasteiger partial charge in [-0.1, -0.05) is 15.9 Å². The van der Waals surface area contributed by atoms with Gasteiger partial charge >= 0.3 is 0 Å². The number of anilines is 1. The van der Waals surface area contributed by atoms with Crippen molar-refractivity contribution >= 4 is 21.6 Å². The molecule has 0 bridgehead atoms. The van der Waals surface area contributed by atoms with Gasteiger partial charge in [-0.2, -0.15) is 0 Å². The maximum absolute atomic E-state index is 13.3. The Labute approximate surface area is 86.5 Å². The van der Waals surface area contributed by atoms with Crippen LogP contribution in [0.2, 0.25) is 0 Å². The zero-order chi connectivity index (χ0) is 10.1. The van der Waals surface area contributed by atoms with Gasteiger partial charge in [-0.3, -0.25) is 0 Å². The van der Waals surface area contributed by atoms with Gasteiger partial charge in [0, 0.05) is 10.0 Å². The molecule has 72 valence electrons. The van der Waals surface area contributed by atoms with Gasteiger partial charge in [0.15, 0.2) is 0 Å². The summed E-state index contributed by atoms with van der Waals surface area (Å²) < 4.78 is 14.0. The fourth-order valence-corrected chi connectivity index (χ4v) is 1.33. The van der Waals surface area contributed by atoms with Crippen molar-refractivity contribution in [2.24, 2.45) is 0 Å². The fourth-order valence-electron chi connectivity index (χ4n) is 0.995. The standard InChI is InChI=1S/C10H13BrFN/c1-10(2,3)13-9-5-4-7(11)6-8(9)12/h4-6,13H,1-3H3. The molecule has 0 fully saturated rings. The van der Waals surface area contributed by atoms with Crippen LogP contribution in [-0.2, 0) is 0 Å². The summed E-state index contributed by atoms with van der Waals surface area (Å²) in [7, 11) is 0. The molecule has 0 spiro atoms. The van der Waals surface area contributed by atoms with Crippen LogP contribution < -0.4 is 5.32 Å². The van der Waals surface area contributed by atoms with Gasteiger partial charge in [-0.25, -0.2) is 4.39 Å². The molecule has 0 aliphatic heterocycles. The molecule has 0 aliphatic carbocycles. The van der Waals surface area contributed by atoms with Crippen molar-refractivity contribution < 1.29 is 4.39 Å². The van der Waals surface area contributed by atoms with Crippen LogP contribution in [0.4, 0.5) is 10.1 Å². The van der Waals surface area contributed by atoms with Crippen LogP contribution in [0.5, 0.6) is 0 Å². The van der Waals surface area contributed by atoms with Crippen molar-refractivity contribution in [2.75, 3.05) is 5.32 Å². The summed E-state index contributed by atoms with van der Waals surface area (Å²) in [5.41, 5.74) is 0.421. The maximum Gasteiger partial charge on any atom is 0.147 e. The molecule has 0 saturated heterocycles. The Kier molecular flexibility index (Phi) is 2.96. The SMILES string of the molecule is CC(C)(C)Nc1ccc(Br)cc1F. The van der Waals surface area contributed by atoms with Crippen molar-refractivity contribution in [2.45, 2.75) is 26.3 Å². The largest absolute Gasteiger partial charge is 0.378 e. The molecule has 1 N–H and O–H groups in total. The Morgan fingerprint density at radius 1 is 1.31 bits per heavy atom. The zero-order valence-electron chi connectivity index (χ0n) is 7.99. The molecule has 0 radical (unpaired) electrons. The summed E-state index contributed by atoms with van der Waals surface area (Å²) in [6, 6.07) is 5.00. The number of halogens is 2. The van der Waals surface area contributed by atoms with Gasteiger partial charge in [0.1, 0.15) is 5.82 Å². The summed E-state index contributed by atoms with van der Waals surface area (Å²) in [6.07, 6.45) is 0. The normalized spacial score (nSPS) is 11.5. The molecule has 1 aromatic rings. The van der Waals surface area contributed by atoms with Crippen LogP contribution in [0.25, 0.3) is 0 Å². The first-order valence-corrected chi connectivity index (χ1v) is 4.91. The summed E-state index contributed by atoms with van der Waals surface area (Å²) in [4.78, 5) is 0. The van der Waals surface area contributed by atoms with Gasteiger partial charge in [-0.05, 0) is 39.0 Å². The van der Waals surface area contributed by atoms with Crippen LogP contribution in [0.15, 0.2) is 22.7 Å². The lowest BCUT2D eigenvalue weighted by atomic mass is 10.1. The van der Waals surface area contributed by atoms with E-state index in [0.29, 0.717) is 5.69 Å². The predicted octanol–water partition coefficient (Wildman–Crippen LogP) is 3.80. The highest BCUT2D eigenvalue weighted by Crippen LogP contribution is 2.22. The Morgan fingerprint density at radius 2 is 1.92 bits per heavy atom. The molecule has 1 rings (SSSR count). The molecule has 1 nitrogen and oxygen atoms in total. The van der Waals surface area contributed by atoms with E-state index in [2.05, 4.69) is 21.2 Å². The molecule has 0 saturated carbocycles. The van der Waals surface area contributed by atoms with Crippen molar-refractivity contribution in [1.82, 2.24) is 0 Å². The second-order valence-corrected chi connectivity index (χ2v) is 4.91. The van der Waals surface area contributed by atoms with E-state index >= 15 is 0 Å². The van der Waals surface area contributed by atoms with E-state index in [1.165, 1.54) is 6.07 Å². The molecule has 0 unspecified atom stereocenters. The van der Waals surface area contributed by atoms with Crippen LogP contribution in [0.3, 0.4) is 0 Å². The minimum atomic E-state index is -0.232. The van der Waals surface area contributed by atoms with Gasteiger partial charge in [-0.15, -0.1) is 0 Å². The van der Waals surface area contributed by atoms with E-state index in [-0.39, 0.29) is 11.4 Å². The van der Waals surface area contributed by atoms with E-state index in [4.69, 9.17) is 0 Å². The molecular formula is C10H13BrFN. The second kappa shape index (κ2) is 3.66. The van der Waals surface area contributed by atoms with E-state index in [0.717, 1.165) is 4.47 Å². The van der Waals surface area contributed by atoms with E-state index in [1.807, 2.05) is 26.8 Å². The third-order valence-electron chi connectivity index (χ3n) is 1.44. The zero-order valence-corrected chi connectivity index (χ0v) is 9.57. The Bertz CT molecular complexity index is 304. The first-order chi connectivity index (χ1) is 5.88. The van der Waals surface area contributed by atoms with Crippen LogP contribution >= 0.6 is 15.9 Å². The summed E-state index contributed by atoms with van der Waals surface area (Å²) in [5.74, 6) is -0.232. The van der Waals surface area contributed by atoms with Gasteiger partial charge in [0.25, 0.3) is 0 Å². The van der Waals surface area contributed by atoms with Crippen molar-refractivity contribution in [3.63, 3.8) is 0 Å². The summed E-state index contributed by atoms with van der Waals surface area (Å²) in [6.45, 7) is 5.98. The van der Waals surface area contributed by atoms with Gasteiger partial charge in [0.2, 0.25) is 0 Å². The molecule has 3 heteroatoms. The smallest absolute Gasteiger partial charge is 0.147 e. The van der Waals surface area contributed by atoms with E-state index in [1.54, 1.807) is 6.07 Å². The van der Waals surface area contributed by atoms with Crippen LogP contribution in [0, 0.1) is 5.82 Å². The predicted molar refractivity (Wildman–Crippen MR) is 57.5 cm³/mol. The topological polar surface area (TPSA) is 12.0 Å². The van der Waals surface area contributed by atoms with E-state index < -0.39 is 0 Å². The Hall–Kier alpha value is -0.570. The third kappa shape index (κ3) is 3.35. The first kappa shape index (κ1) is 10.5. The number of benzene rings is 1. The lowest BCUT2D eigenvalue weighted by Gasteiger charge is -2.22. The average Bonchev–Trinajstić information content (AvgIpc) is 1.93. The highest BCUT2D eigenvalue weighted by Gasteiger charge is 2.11. The minimum Gasteiger partial charge on any atom is -0.378 e. The molecule has 1 aromatic carbocycles. The minimum absolute atomic E-state index is 0.116. The molecule has 0 aromatic heterocycles. The van der Waals surface area contributed by atoms with E-state index in [9.17, 15) is 4.39 Å². The second-order valence-electron chi connectivity index (χ2n) is 4.00. The molecule has 0 amide bonds. The molecular weight excluding hydrogens is 233 g/mol. The Morgan fingerprint density at radius 3 is 2.38 bits per heavy atom. The lowest BCUT2D eigenvalue weighted by Crippen LogP contribution is -2.26. The quantitative estimate of drug-likeness (QED) is 0.794. The average molecular weight is 246 g/mol. The highest BCUT2D eigenvalue weighted by atomic mass is 79.9. The highest BCUT2D eigenvalue weighted by molar-refractivity contribution is 9.10. The first-order valence-electron chi connectivity index (χ1n) is 4.12. The van der Waals surface area contributed by atoms with Crippen LogP contribution in [0.1, 0.15) is 20.8 Å². The van der Waals surface area contributed by atoms with Crippen molar-refractivity contribution in [3.8, 4) is 0 Å². The molecule has 0 atom stereocenters. The number of nitrogens with one attached hydrogen (secondary N) is 1. The van der Waals surface area contributed by atoms with Gasteiger partial charge < -0.3 is 5.32 Å².